The Kier molecular flexibility index (Phi) is 2.79. The third-order valence-electron chi connectivity index (χ3n) is 2.89. The van der Waals surface area contributed by atoms with Gasteiger partial charge in [-0.25, -0.2) is 4.79 Å². The fraction of sp³-hybridized carbons (Fsp3) is 0.500. The van der Waals surface area contributed by atoms with E-state index in [-0.39, 0.29) is 17.1 Å². The van der Waals surface area contributed by atoms with E-state index in [0.717, 1.165) is 0 Å². The average molecular weight is 312 g/mol. The normalized spacial score (nSPS) is 20.6. The molecule has 1 atom stereocenters. The van der Waals surface area contributed by atoms with Crippen molar-refractivity contribution in [1.29, 1.82) is 0 Å². The number of benzene rings is 1. The first kappa shape index (κ1) is 10.5. The molecule has 1 aromatic rings. The second-order valence-corrected chi connectivity index (χ2v) is 5.84. The number of Topliss-reactive ketones (excluding diaryl/α,β-unsaturated/α-hetero) is 1. The molecule has 2 rings (SSSR count). The first-order chi connectivity index (χ1) is 12.1. The minimum Gasteiger partial charge on any atom is -0.454 e. The number of fused-ring (bicyclic) bond motifs is 1. The quantitative estimate of drug-likeness (QED) is 0.803. The summed E-state index contributed by atoms with van der Waals surface area (Å²) in [6.45, 7) is 0.785. The Morgan fingerprint density at radius 2 is 2.05 bits per heavy atom. The Bertz CT molecular complexity index is 757. The lowest BCUT2D eigenvalue weighted by atomic mass is 10.0. The van der Waals surface area contributed by atoms with Crippen LogP contribution in [0.2, 0.25) is 0 Å². The molecule has 1 aliphatic rings. The highest BCUT2D eigenvalue weighted by molar-refractivity contribution is 6.01. The molecule has 1 heterocycles. The van der Waals surface area contributed by atoms with E-state index in [2.05, 4.69) is 0 Å². The van der Waals surface area contributed by atoms with E-state index in [1.165, 1.54) is 25.1 Å². The van der Waals surface area contributed by atoms with E-state index in [1.807, 2.05) is 0 Å². The maximum atomic E-state index is 12.8. The number of nitrogens with zero attached hydrogens (tertiary/aromatic N) is 1. The summed E-state index contributed by atoms with van der Waals surface area (Å²) in [6, 6.07) is 2.57. The van der Waals surface area contributed by atoms with Crippen LogP contribution in [0.5, 0.6) is 11.5 Å². The zero-order chi connectivity index (χ0) is 20.8. The SMILES string of the molecule is [2H]C1([2H])Oc2ccc(C(=O)[C@@H](C)N(C(=O)OC(C)(C)C)C([2H])([2H])[2H])cc2O1. The molecule has 0 saturated heterocycles. The molecule has 6 nitrogen and oxygen atoms in total. The van der Waals surface area contributed by atoms with Gasteiger partial charge < -0.3 is 19.1 Å². The summed E-state index contributed by atoms with van der Waals surface area (Å²) >= 11 is 0. The molecule has 0 bridgehead atoms. The molecule has 0 unspecified atom stereocenters. The summed E-state index contributed by atoms with van der Waals surface area (Å²) in [5.74, 6) is -0.546. The van der Waals surface area contributed by atoms with Crippen molar-refractivity contribution < 1.29 is 30.7 Å². The van der Waals surface area contributed by atoms with Gasteiger partial charge in [-0.1, -0.05) is 0 Å². The highest BCUT2D eigenvalue weighted by Gasteiger charge is 2.28. The molecule has 120 valence electrons. The van der Waals surface area contributed by atoms with E-state index in [0.29, 0.717) is 4.90 Å². The van der Waals surface area contributed by atoms with Crippen molar-refractivity contribution in [1.82, 2.24) is 4.90 Å². The molecule has 6 heteroatoms. The standard InChI is InChI=1S/C16H21NO5/c1-10(17(5)15(19)22-16(2,3)4)14(18)11-6-7-12-13(8-11)21-9-20-12/h6-8,10H,9H2,1-5H3/t10-/m1/s1/i5D3,9D2. The summed E-state index contributed by atoms with van der Waals surface area (Å²) in [6.07, 6.45) is -1.14. The summed E-state index contributed by atoms with van der Waals surface area (Å²) in [4.78, 5) is 25.5. The first-order valence-electron chi connectivity index (χ1n) is 9.19. The van der Waals surface area contributed by atoms with E-state index >= 15 is 0 Å². The Morgan fingerprint density at radius 1 is 1.36 bits per heavy atom. The minimum absolute atomic E-state index is 0.00996. The number of ketones is 1. The zero-order valence-electron chi connectivity index (χ0n) is 17.8. The summed E-state index contributed by atoms with van der Waals surface area (Å²) in [5.41, 5.74) is -0.895. The molecule has 0 radical (unpaired) electrons. The fourth-order valence-corrected chi connectivity index (χ4v) is 1.76. The number of hydrogen-bond donors (Lipinski definition) is 0. The lowest BCUT2D eigenvalue weighted by molar-refractivity contribution is 0.0231. The summed E-state index contributed by atoms with van der Waals surface area (Å²) < 4.78 is 52.6. The number of carbonyl (C=O) groups excluding carboxylic acids is 2. The monoisotopic (exact) mass is 312 g/mol. The van der Waals surface area contributed by atoms with Crippen LogP contribution >= 0.6 is 0 Å². The van der Waals surface area contributed by atoms with E-state index in [9.17, 15) is 9.59 Å². The highest BCUT2D eigenvalue weighted by Crippen LogP contribution is 2.33. The van der Waals surface area contributed by atoms with Gasteiger partial charge in [0.05, 0.1) is 6.04 Å². The van der Waals surface area contributed by atoms with Crippen LogP contribution in [-0.2, 0) is 4.74 Å². The van der Waals surface area contributed by atoms with Crippen molar-refractivity contribution in [3.8, 4) is 11.5 Å². The van der Waals surface area contributed by atoms with Crippen molar-refractivity contribution in [3.63, 3.8) is 0 Å². The third-order valence-corrected chi connectivity index (χ3v) is 2.89. The smallest absolute Gasteiger partial charge is 0.410 e. The van der Waals surface area contributed by atoms with Crippen LogP contribution in [0.25, 0.3) is 0 Å². The van der Waals surface area contributed by atoms with Crippen LogP contribution in [-0.4, -0.2) is 42.1 Å². The van der Waals surface area contributed by atoms with Gasteiger partial charge in [-0.2, -0.15) is 0 Å². The molecule has 1 aliphatic heterocycles. The van der Waals surface area contributed by atoms with Crippen LogP contribution in [0.1, 0.15) is 44.9 Å². The third kappa shape index (κ3) is 3.50. The molecule has 1 aromatic carbocycles. The van der Waals surface area contributed by atoms with Crippen molar-refractivity contribution in [2.24, 2.45) is 0 Å². The number of carbonyl (C=O) groups is 2. The number of amides is 1. The second kappa shape index (κ2) is 5.87. The van der Waals surface area contributed by atoms with Gasteiger partial charge in [0.25, 0.3) is 0 Å². The highest BCUT2D eigenvalue weighted by atomic mass is 16.7. The Labute approximate surface area is 137 Å². The topological polar surface area (TPSA) is 65.1 Å². The van der Waals surface area contributed by atoms with E-state index in [4.69, 9.17) is 21.1 Å². The van der Waals surface area contributed by atoms with Crippen LogP contribution in [0, 0.1) is 0 Å². The predicted octanol–water partition coefficient (Wildman–Crippen LogP) is 2.85. The number of likely N-dealkylation sites (N-methyl/N-ethyl adjacent to an activating group) is 1. The molecule has 0 N–H and O–H groups in total. The molecule has 0 saturated carbocycles. The van der Waals surface area contributed by atoms with Crippen molar-refractivity contribution >= 4 is 11.9 Å². The molecule has 0 spiro atoms. The van der Waals surface area contributed by atoms with Gasteiger partial charge in [0.15, 0.2) is 17.3 Å². The van der Waals surface area contributed by atoms with Gasteiger partial charge in [0.2, 0.25) is 6.75 Å². The van der Waals surface area contributed by atoms with Crippen LogP contribution in [0.4, 0.5) is 4.79 Å². The Morgan fingerprint density at radius 3 is 2.68 bits per heavy atom. The van der Waals surface area contributed by atoms with E-state index < -0.39 is 37.2 Å². The maximum absolute atomic E-state index is 12.8. The zero-order valence-corrected chi connectivity index (χ0v) is 12.8. The van der Waals surface area contributed by atoms with Gasteiger partial charge in [-0.3, -0.25) is 4.79 Å². The lowest BCUT2D eigenvalue weighted by Gasteiger charge is -2.28. The molecular formula is C16H21NO5. The molecular weight excluding hydrogens is 286 g/mol. The van der Waals surface area contributed by atoms with Crippen LogP contribution < -0.4 is 9.47 Å². The Hall–Kier alpha value is -2.24. The summed E-state index contributed by atoms with van der Waals surface area (Å²) in [5, 5.41) is 0. The fourth-order valence-electron chi connectivity index (χ4n) is 1.76. The van der Waals surface area contributed by atoms with Gasteiger partial charge in [-0.05, 0) is 45.9 Å². The van der Waals surface area contributed by atoms with Gasteiger partial charge in [-0.15, -0.1) is 0 Å². The molecule has 0 fully saturated rings. The number of rotatable bonds is 3. The lowest BCUT2D eigenvalue weighted by Crippen LogP contribution is -2.43. The van der Waals surface area contributed by atoms with Crippen molar-refractivity contribution in [2.75, 3.05) is 13.7 Å². The van der Waals surface area contributed by atoms with Gasteiger partial charge in [0.1, 0.15) is 8.34 Å². The number of ether oxygens (including phenoxy) is 3. The summed E-state index contributed by atoms with van der Waals surface area (Å²) in [7, 11) is 0. The second-order valence-electron chi connectivity index (χ2n) is 5.84. The van der Waals surface area contributed by atoms with Crippen LogP contribution in [0.15, 0.2) is 18.2 Å². The minimum atomic E-state index is -2.90. The van der Waals surface area contributed by atoms with Gasteiger partial charge in [0, 0.05) is 16.7 Å². The molecule has 0 aliphatic carbocycles. The molecule has 0 aromatic heterocycles. The van der Waals surface area contributed by atoms with Gasteiger partial charge >= 0.3 is 6.09 Å². The Balaban J connectivity index is 2.30. The average Bonchev–Trinajstić information content (AvgIpc) is 2.75. The first-order valence-corrected chi connectivity index (χ1v) is 6.69. The molecule has 1 amide bonds. The van der Waals surface area contributed by atoms with Crippen molar-refractivity contribution in [3.05, 3.63) is 23.8 Å². The number of hydrogen-bond acceptors (Lipinski definition) is 5. The largest absolute Gasteiger partial charge is 0.454 e. The predicted molar refractivity (Wildman–Crippen MR) is 80.4 cm³/mol. The van der Waals surface area contributed by atoms with Crippen LogP contribution in [0.3, 0.4) is 0 Å². The maximum Gasteiger partial charge on any atom is 0.410 e. The van der Waals surface area contributed by atoms with E-state index in [1.54, 1.807) is 20.8 Å². The molecule has 22 heavy (non-hydrogen) atoms. The van der Waals surface area contributed by atoms with Crippen molar-refractivity contribution in [2.45, 2.75) is 39.3 Å².